The molecule has 0 spiro atoms. The zero-order valence-electron chi connectivity index (χ0n) is 10.5. The molecule has 0 aliphatic heterocycles. The first-order chi connectivity index (χ1) is 7.78. The van der Waals surface area contributed by atoms with Gasteiger partial charge in [-0.15, -0.1) is 0 Å². The van der Waals surface area contributed by atoms with Crippen LogP contribution in [0, 0.1) is 0 Å². The summed E-state index contributed by atoms with van der Waals surface area (Å²) in [6.45, 7) is 8.62. The Hall–Kier alpha value is -1.61. The normalized spacial score (nSPS) is 11.1. The summed E-state index contributed by atoms with van der Waals surface area (Å²) in [5, 5.41) is 9.66. The predicted octanol–water partition coefficient (Wildman–Crippen LogP) is 2.48. The largest absolute Gasteiger partial charge is 0.423 e. The van der Waals surface area contributed by atoms with Crippen LogP contribution in [0.15, 0.2) is 36.4 Å². The molecule has 3 nitrogen and oxygen atoms in total. The quantitative estimate of drug-likeness (QED) is 0.494. The van der Waals surface area contributed by atoms with E-state index < -0.39 is 11.6 Å². The number of hydrogen-bond donors (Lipinski definition) is 1. The standard InChI is InChI=1S/C14H18O3/c1-10(2)13(15)17-12-7-5-11(6-8-12)9-14(3,4)16/h5-8,16H,1,9H2,2-4H3. The molecule has 0 aromatic heterocycles. The van der Waals surface area contributed by atoms with Crippen LogP contribution in [0.4, 0.5) is 0 Å². The number of carbonyl (C=O) groups excluding carboxylic acids is 1. The fourth-order valence-corrected chi connectivity index (χ4v) is 1.37. The molecule has 0 bridgehead atoms. The van der Waals surface area contributed by atoms with Gasteiger partial charge in [0.15, 0.2) is 0 Å². The van der Waals surface area contributed by atoms with Crippen molar-refractivity contribution in [2.45, 2.75) is 32.8 Å². The number of ether oxygens (including phenoxy) is 1. The van der Waals surface area contributed by atoms with Gasteiger partial charge in [-0.3, -0.25) is 0 Å². The van der Waals surface area contributed by atoms with Gasteiger partial charge < -0.3 is 9.84 Å². The Morgan fingerprint density at radius 1 is 1.35 bits per heavy atom. The lowest BCUT2D eigenvalue weighted by Gasteiger charge is -2.16. The van der Waals surface area contributed by atoms with Gasteiger partial charge >= 0.3 is 5.97 Å². The van der Waals surface area contributed by atoms with Gasteiger partial charge in [0.1, 0.15) is 5.75 Å². The van der Waals surface area contributed by atoms with Gasteiger partial charge in [0, 0.05) is 12.0 Å². The molecule has 3 heteroatoms. The number of esters is 1. The number of carbonyl (C=O) groups is 1. The van der Waals surface area contributed by atoms with Crippen LogP contribution in [0.3, 0.4) is 0 Å². The van der Waals surface area contributed by atoms with Gasteiger partial charge in [0.25, 0.3) is 0 Å². The second kappa shape index (κ2) is 5.15. The van der Waals surface area contributed by atoms with Crippen molar-refractivity contribution in [3.8, 4) is 5.75 Å². The summed E-state index contributed by atoms with van der Waals surface area (Å²) in [5.41, 5.74) is 0.619. The van der Waals surface area contributed by atoms with Gasteiger partial charge in [-0.2, -0.15) is 0 Å². The molecule has 17 heavy (non-hydrogen) atoms. The molecular weight excluding hydrogens is 216 g/mol. The first kappa shape index (κ1) is 13.5. The van der Waals surface area contributed by atoms with Gasteiger partial charge in [-0.1, -0.05) is 18.7 Å². The molecule has 92 valence electrons. The summed E-state index contributed by atoms with van der Waals surface area (Å²) in [6.07, 6.45) is 0.557. The van der Waals surface area contributed by atoms with Crippen molar-refractivity contribution in [3.05, 3.63) is 42.0 Å². The Bertz CT molecular complexity index is 410. The van der Waals surface area contributed by atoms with E-state index in [0.29, 0.717) is 17.7 Å². The average molecular weight is 234 g/mol. The zero-order valence-corrected chi connectivity index (χ0v) is 10.5. The van der Waals surface area contributed by atoms with Crippen molar-refractivity contribution in [1.82, 2.24) is 0 Å². The SMILES string of the molecule is C=C(C)C(=O)Oc1ccc(CC(C)(C)O)cc1. The molecule has 1 aromatic rings. The molecule has 0 fully saturated rings. The van der Waals surface area contributed by atoms with Gasteiger partial charge in [0.2, 0.25) is 0 Å². The highest BCUT2D eigenvalue weighted by Gasteiger charge is 2.13. The van der Waals surface area contributed by atoms with Gasteiger partial charge in [-0.25, -0.2) is 4.79 Å². The van der Waals surface area contributed by atoms with E-state index in [9.17, 15) is 9.90 Å². The number of rotatable bonds is 4. The van der Waals surface area contributed by atoms with Gasteiger partial charge in [-0.05, 0) is 38.5 Å². The maximum Gasteiger partial charge on any atom is 0.338 e. The van der Waals surface area contributed by atoms with Crippen LogP contribution in [0.1, 0.15) is 26.3 Å². The average Bonchev–Trinajstić information content (AvgIpc) is 2.18. The van der Waals surface area contributed by atoms with E-state index in [2.05, 4.69) is 6.58 Å². The fourth-order valence-electron chi connectivity index (χ4n) is 1.37. The molecule has 1 aromatic carbocycles. The minimum absolute atomic E-state index is 0.366. The van der Waals surface area contributed by atoms with E-state index in [1.807, 2.05) is 12.1 Å². The van der Waals surface area contributed by atoms with Crippen molar-refractivity contribution >= 4 is 5.97 Å². The fraction of sp³-hybridized carbons (Fsp3) is 0.357. The van der Waals surface area contributed by atoms with Gasteiger partial charge in [0.05, 0.1) is 5.60 Å². The van der Waals surface area contributed by atoms with E-state index in [1.54, 1.807) is 32.9 Å². The van der Waals surface area contributed by atoms with Crippen molar-refractivity contribution < 1.29 is 14.6 Å². The van der Waals surface area contributed by atoms with E-state index in [-0.39, 0.29) is 0 Å². The van der Waals surface area contributed by atoms with E-state index in [1.165, 1.54) is 0 Å². The summed E-state index contributed by atoms with van der Waals surface area (Å²) in [4.78, 5) is 11.3. The minimum atomic E-state index is -0.740. The third kappa shape index (κ3) is 4.83. The van der Waals surface area contributed by atoms with E-state index >= 15 is 0 Å². The lowest BCUT2D eigenvalue weighted by Crippen LogP contribution is -2.21. The molecule has 0 saturated carbocycles. The van der Waals surface area contributed by atoms with E-state index in [0.717, 1.165) is 5.56 Å². The second-order valence-electron chi connectivity index (χ2n) is 4.80. The Balaban J connectivity index is 2.68. The molecule has 1 N–H and O–H groups in total. The lowest BCUT2D eigenvalue weighted by molar-refractivity contribution is -0.130. The smallest absolute Gasteiger partial charge is 0.338 e. The molecule has 1 rings (SSSR count). The van der Waals surface area contributed by atoms with Crippen LogP contribution in [0.5, 0.6) is 5.75 Å². The lowest BCUT2D eigenvalue weighted by atomic mass is 9.99. The molecule has 0 heterocycles. The molecule has 0 unspecified atom stereocenters. The second-order valence-corrected chi connectivity index (χ2v) is 4.80. The molecule has 0 aliphatic rings. The van der Waals surface area contributed by atoms with Crippen molar-refractivity contribution in [3.63, 3.8) is 0 Å². The van der Waals surface area contributed by atoms with Crippen LogP contribution >= 0.6 is 0 Å². The highest BCUT2D eigenvalue weighted by atomic mass is 16.5. The van der Waals surface area contributed by atoms with Crippen LogP contribution in [-0.2, 0) is 11.2 Å². The monoisotopic (exact) mass is 234 g/mol. The number of benzene rings is 1. The molecular formula is C14H18O3. The third-order valence-electron chi connectivity index (χ3n) is 2.12. The molecule has 0 aliphatic carbocycles. The molecule has 0 radical (unpaired) electrons. The Labute approximate surface area is 102 Å². The van der Waals surface area contributed by atoms with Crippen molar-refractivity contribution in [1.29, 1.82) is 0 Å². The maximum absolute atomic E-state index is 11.3. The molecule has 0 saturated heterocycles. The molecule has 0 atom stereocenters. The predicted molar refractivity (Wildman–Crippen MR) is 66.9 cm³/mol. The first-order valence-corrected chi connectivity index (χ1v) is 5.47. The van der Waals surface area contributed by atoms with Crippen LogP contribution < -0.4 is 4.74 Å². The maximum atomic E-state index is 11.3. The summed E-state index contributed by atoms with van der Waals surface area (Å²) in [7, 11) is 0. The van der Waals surface area contributed by atoms with Crippen molar-refractivity contribution in [2.75, 3.05) is 0 Å². The summed E-state index contributed by atoms with van der Waals surface area (Å²) < 4.78 is 5.06. The highest BCUT2D eigenvalue weighted by Crippen LogP contribution is 2.17. The Morgan fingerprint density at radius 3 is 2.29 bits per heavy atom. The summed E-state index contributed by atoms with van der Waals surface area (Å²) >= 11 is 0. The Kier molecular flexibility index (Phi) is 4.07. The van der Waals surface area contributed by atoms with Crippen LogP contribution in [0.25, 0.3) is 0 Å². The van der Waals surface area contributed by atoms with Crippen LogP contribution in [0.2, 0.25) is 0 Å². The summed E-state index contributed by atoms with van der Waals surface area (Å²) in [6, 6.07) is 7.09. The topological polar surface area (TPSA) is 46.5 Å². The third-order valence-corrected chi connectivity index (χ3v) is 2.12. The van der Waals surface area contributed by atoms with Crippen LogP contribution in [-0.4, -0.2) is 16.7 Å². The van der Waals surface area contributed by atoms with Crippen molar-refractivity contribution in [2.24, 2.45) is 0 Å². The molecule has 0 amide bonds. The number of hydrogen-bond acceptors (Lipinski definition) is 3. The minimum Gasteiger partial charge on any atom is -0.423 e. The Morgan fingerprint density at radius 2 is 1.88 bits per heavy atom. The summed E-state index contributed by atoms with van der Waals surface area (Å²) in [5.74, 6) is 0.0535. The number of aliphatic hydroxyl groups is 1. The highest BCUT2D eigenvalue weighted by molar-refractivity contribution is 5.88. The van der Waals surface area contributed by atoms with E-state index in [4.69, 9.17) is 4.74 Å². The zero-order chi connectivity index (χ0) is 13.1. The first-order valence-electron chi connectivity index (χ1n) is 5.47.